The normalized spacial score (nSPS) is 10.5. The molecule has 0 aliphatic heterocycles. The number of rotatable bonds is 10. The molecular formula is C22H25N3O6. The molecule has 9 nitrogen and oxygen atoms in total. The molecule has 0 saturated carbocycles. The summed E-state index contributed by atoms with van der Waals surface area (Å²) in [6.07, 6.45) is 0.868. The van der Waals surface area contributed by atoms with E-state index in [0.717, 1.165) is 5.56 Å². The first-order chi connectivity index (χ1) is 15.1. The Morgan fingerprint density at radius 1 is 0.935 bits per heavy atom. The number of hydrogen-bond acceptors (Lipinski definition) is 8. The first-order valence-corrected chi connectivity index (χ1v) is 9.60. The number of aromatic nitrogens is 2. The molecule has 2 aromatic carbocycles. The monoisotopic (exact) mass is 427 g/mol. The smallest absolute Gasteiger partial charge is 0.246 e. The molecule has 3 rings (SSSR count). The Balaban J connectivity index is 1.55. The largest absolute Gasteiger partial charge is 0.497 e. The summed E-state index contributed by atoms with van der Waals surface area (Å²) in [6, 6.07) is 10.9. The maximum absolute atomic E-state index is 12.2. The Bertz CT molecular complexity index is 1030. The number of hydrogen-bond donors (Lipinski definition) is 1. The fraction of sp³-hybridized carbons (Fsp3) is 0.318. The second-order valence-corrected chi connectivity index (χ2v) is 6.54. The summed E-state index contributed by atoms with van der Waals surface area (Å²) in [5, 5.41) is 6.76. The first kappa shape index (κ1) is 21.9. The summed E-state index contributed by atoms with van der Waals surface area (Å²) < 4.78 is 26.3. The molecular weight excluding hydrogens is 402 g/mol. The van der Waals surface area contributed by atoms with E-state index in [1.54, 1.807) is 46.6 Å². The van der Waals surface area contributed by atoms with Crippen LogP contribution in [-0.4, -0.2) is 44.5 Å². The predicted octanol–water partition coefficient (Wildman–Crippen LogP) is 3.02. The molecule has 3 aromatic rings. The van der Waals surface area contributed by atoms with Gasteiger partial charge in [-0.3, -0.25) is 4.79 Å². The van der Waals surface area contributed by atoms with Gasteiger partial charge in [-0.1, -0.05) is 11.2 Å². The Labute approximate surface area is 180 Å². The van der Waals surface area contributed by atoms with Crippen molar-refractivity contribution in [2.24, 2.45) is 0 Å². The van der Waals surface area contributed by atoms with Gasteiger partial charge in [0, 0.05) is 12.5 Å². The Morgan fingerprint density at radius 3 is 2.42 bits per heavy atom. The third-order valence-electron chi connectivity index (χ3n) is 4.64. The standard InChI is InChI=1S/C22H25N3O6/c1-27-15-7-8-16(18(12-15)29-3)22-24-21(31-25-22)13-23-20(26)10-6-14-5-9-17(28-2)19(11-14)30-4/h5,7-9,11-12H,6,10,13H2,1-4H3,(H,23,26). The number of aryl methyl sites for hydroxylation is 1. The summed E-state index contributed by atoms with van der Waals surface area (Å²) in [4.78, 5) is 16.6. The molecule has 0 atom stereocenters. The van der Waals surface area contributed by atoms with Crippen molar-refractivity contribution in [3.8, 4) is 34.4 Å². The van der Waals surface area contributed by atoms with E-state index in [-0.39, 0.29) is 12.5 Å². The molecule has 0 spiro atoms. The number of benzene rings is 2. The molecule has 0 bridgehead atoms. The van der Waals surface area contributed by atoms with Gasteiger partial charge in [0.1, 0.15) is 11.5 Å². The van der Waals surface area contributed by atoms with Crippen LogP contribution in [0.3, 0.4) is 0 Å². The third kappa shape index (κ3) is 5.44. The van der Waals surface area contributed by atoms with Crippen LogP contribution in [0.15, 0.2) is 40.9 Å². The fourth-order valence-electron chi connectivity index (χ4n) is 2.98. The highest BCUT2D eigenvalue weighted by Crippen LogP contribution is 2.31. The van der Waals surface area contributed by atoms with E-state index >= 15 is 0 Å². The Hall–Kier alpha value is -3.75. The van der Waals surface area contributed by atoms with Gasteiger partial charge >= 0.3 is 0 Å². The first-order valence-electron chi connectivity index (χ1n) is 9.60. The molecule has 0 unspecified atom stereocenters. The zero-order valence-corrected chi connectivity index (χ0v) is 17.9. The summed E-state index contributed by atoms with van der Waals surface area (Å²) in [5.41, 5.74) is 1.64. The highest BCUT2D eigenvalue weighted by atomic mass is 16.5. The van der Waals surface area contributed by atoms with E-state index in [9.17, 15) is 4.79 Å². The van der Waals surface area contributed by atoms with Crippen LogP contribution >= 0.6 is 0 Å². The van der Waals surface area contributed by atoms with E-state index in [0.29, 0.717) is 53.1 Å². The van der Waals surface area contributed by atoms with Gasteiger partial charge in [0.05, 0.1) is 40.5 Å². The summed E-state index contributed by atoms with van der Waals surface area (Å²) in [7, 11) is 6.29. The number of carbonyl (C=O) groups excluding carboxylic acids is 1. The van der Waals surface area contributed by atoms with Gasteiger partial charge in [-0.25, -0.2) is 0 Å². The van der Waals surface area contributed by atoms with Gasteiger partial charge < -0.3 is 28.8 Å². The zero-order chi connectivity index (χ0) is 22.2. The van der Waals surface area contributed by atoms with Crippen molar-refractivity contribution in [3.05, 3.63) is 47.9 Å². The lowest BCUT2D eigenvalue weighted by atomic mass is 10.1. The highest BCUT2D eigenvalue weighted by Gasteiger charge is 2.15. The van der Waals surface area contributed by atoms with Crippen LogP contribution in [-0.2, 0) is 17.8 Å². The lowest BCUT2D eigenvalue weighted by molar-refractivity contribution is -0.121. The number of ether oxygens (including phenoxy) is 4. The van der Waals surface area contributed by atoms with Crippen molar-refractivity contribution in [1.82, 2.24) is 15.5 Å². The molecule has 0 aliphatic carbocycles. The van der Waals surface area contributed by atoms with Gasteiger partial charge in [0.2, 0.25) is 17.6 Å². The quantitative estimate of drug-likeness (QED) is 0.526. The minimum absolute atomic E-state index is 0.128. The minimum atomic E-state index is -0.128. The average molecular weight is 427 g/mol. The van der Waals surface area contributed by atoms with Crippen LogP contribution < -0.4 is 24.3 Å². The van der Waals surface area contributed by atoms with Gasteiger partial charge in [-0.2, -0.15) is 4.98 Å². The van der Waals surface area contributed by atoms with Crippen LogP contribution in [0.1, 0.15) is 17.9 Å². The van der Waals surface area contributed by atoms with E-state index < -0.39 is 0 Å². The number of amides is 1. The second kappa shape index (κ2) is 10.3. The average Bonchev–Trinajstić information content (AvgIpc) is 3.29. The van der Waals surface area contributed by atoms with Gasteiger partial charge in [0.15, 0.2) is 11.5 Å². The van der Waals surface area contributed by atoms with Crippen molar-refractivity contribution in [3.63, 3.8) is 0 Å². The van der Waals surface area contributed by atoms with Crippen molar-refractivity contribution in [1.29, 1.82) is 0 Å². The Kier molecular flexibility index (Phi) is 7.31. The molecule has 1 aromatic heterocycles. The third-order valence-corrected chi connectivity index (χ3v) is 4.64. The van der Waals surface area contributed by atoms with Crippen molar-refractivity contribution in [2.75, 3.05) is 28.4 Å². The predicted molar refractivity (Wildman–Crippen MR) is 113 cm³/mol. The molecule has 1 N–H and O–H groups in total. The van der Waals surface area contributed by atoms with Crippen LogP contribution in [0.4, 0.5) is 0 Å². The molecule has 31 heavy (non-hydrogen) atoms. The van der Waals surface area contributed by atoms with Crippen LogP contribution in [0.25, 0.3) is 11.4 Å². The topological polar surface area (TPSA) is 105 Å². The van der Waals surface area contributed by atoms with Gasteiger partial charge in [0.25, 0.3) is 0 Å². The van der Waals surface area contributed by atoms with Gasteiger partial charge in [-0.05, 0) is 36.2 Å². The molecule has 1 amide bonds. The van der Waals surface area contributed by atoms with Crippen LogP contribution in [0.2, 0.25) is 0 Å². The van der Waals surface area contributed by atoms with Crippen molar-refractivity contribution in [2.45, 2.75) is 19.4 Å². The molecule has 0 radical (unpaired) electrons. The molecule has 0 saturated heterocycles. The molecule has 0 fully saturated rings. The van der Waals surface area contributed by atoms with E-state index in [1.807, 2.05) is 18.2 Å². The summed E-state index contributed by atoms with van der Waals surface area (Å²) in [6.45, 7) is 0.135. The summed E-state index contributed by atoms with van der Waals surface area (Å²) >= 11 is 0. The fourth-order valence-corrected chi connectivity index (χ4v) is 2.98. The van der Waals surface area contributed by atoms with Crippen molar-refractivity contribution >= 4 is 5.91 Å². The molecule has 1 heterocycles. The Morgan fingerprint density at radius 2 is 1.71 bits per heavy atom. The van der Waals surface area contributed by atoms with E-state index in [1.165, 1.54) is 0 Å². The maximum atomic E-state index is 12.2. The number of carbonyl (C=O) groups is 1. The maximum Gasteiger partial charge on any atom is 0.246 e. The van der Waals surface area contributed by atoms with Gasteiger partial charge in [-0.15, -0.1) is 0 Å². The molecule has 9 heteroatoms. The number of methoxy groups -OCH3 is 4. The van der Waals surface area contributed by atoms with E-state index in [2.05, 4.69) is 15.5 Å². The lowest BCUT2D eigenvalue weighted by Gasteiger charge is -2.09. The second-order valence-electron chi connectivity index (χ2n) is 6.54. The zero-order valence-electron chi connectivity index (χ0n) is 17.9. The number of nitrogens with one attached hydrogen (secondary N) is 1. The summed E-state index contributed by atoms with van der Waals surface area (Å²) in [5.74, 6) is 3.04. The van der Waals surface area contributed by atoms with E-state index in [4.69, 9.17) is 23.5 Å². The lowest BCUT2D eigenvalue weighted by Crippen LogP contribution is -2.23. The highest BCUT2D eigenvalue weighted by molar-refractivity contribution is 5.76. The molecule has 0 aliphatic rings. The SMILES string of the molecule is COc1ccc(-c2noc(CNC(=O)CCc3ccc(OC)c(OC)c3)n2)c(OC)c1. The van der Waals surface area contributed by atoms with Crippen LogP contribution in [0.5, 0.6) is 23.0 Å². The number of nitrogens with zero attached hydrogens (tertiary/aromatic N) is 2. The van der Waals surface area contributed by atoms with Crippen molar-refractivity contribution < 1.29 is 28.3 Å². The molecule has 164 valence electrons. The van der Waals surface area contributed by atoms with Crippen LogP contribution in [0, 0.1) is 0 Å². The minimum Gasteiger partial charge on any atom is -0.497 e.